The van der Waals surface area contributed by atoms with Crippen molar-refractivity contribution in [1.29, 1.82) is 0 Å². The Kier molecular flexibility index (Phi) is 3.13. The van der Waals surface area contributed by atoms with Crippen molar-refractivity contribution < 1.29 is 0 Å². The molecular weight excluding hydrogens is 212 g/mol. The first-order valence-corrected chi connectivity index (χ1v) is 5.84. The van der Waals surface area contributed by atoms with E-state index < -0.39 is 0 Å². The Hall–Kier alpha value is -1.84. The molecule has 0 aliphatic carbocycles. The molecule has 0 radical (unpaired) electrons. The van der Waals surface area contributed by atoms with Gasteiger partial charge in [-0.25, -0.2) is 9.97 Å². The predicted octanol–water partition coefficient (Wildman–Crippen LogP) is 2.67. The monoisotopic (exact) mass is 230 g/mol. The highest BCUT2D eigenvalue weighted by atomic mass is 15.0. The smallest absolute Gasteiger partial charge is 0.137 e. The van der Waals surface area contributed by atoms with E-state index in [9.17, 15) is 0 Å². The molecule has 0 fully saturated rings. The lowest BCUT2D eigenvalue weighted by Crippen LogP contribution is -2.22. The van der Waals surface area contributed by atoms with E-state index in [4.69, 9.17) is 5.73 Å². The SMILES string of the molecule is CC(C)C(C)Nc1ncnc2cc(N)ccc12. The van der Waals surface area contributed by atoms with Crippen LogP contribution in [0.1, 0.15) is 20.8 Å². The van der Waals surface area contributed by atoms with Crippen molar-refractivity contribution in [2.75, 3.05) is 11.1 Å². The number of nitrogens with zero attached hydrogens (tertiary/aromatic N) is 2. The van der Waals surface area contributed by atoms with Gasteiger partial charge >= 0.3 is 0 Å². The van der Waals surface area contributed by atoms with E-state index in [0.717, 1.165) is 22.4 Å². The zero-order valence-corrected chi connectivity index (χ0v) is 10.4. The van der Waals surface area contributed by atoms with Crippen LogP contribution in [0, 0.1) is 5.92 Å². The molecule has 90 valence electrons. The van der Waals surface area contributed by atoms with Crippen LogP contribution in [-0.4, -0.2) is 16.0 Å². The normalized spacial score (nSPS) is 12.9. The summed E-state index contributed by atoms with van der Waals surface area (Å²) in [5.41, 5.74) is 7.34. The van der Waals surface area contributed by atoms with E-state index in [1.165, 1.54) is 0 Å². The fourth-order valence-electron chi connectivity index (χ4n) is 1.57. The number of nitrogens with two attached hydrogens (primary N) is 1. The number of nitrogens with one attached hydrogen (secondary N) is 1. The number of aromatic nitrogens is 2. The minimum absolute atomic E-state index is 0.366. The third kappa shape index (κ3) is 2.46. The summed E-state index contributed by atoms with van der Waals surface area (Å²) in [6, 6.07) is 6.06. The summed E-state index contributed by atoms with van der Waals surface area (Å²) >= 11 is 0. The van der Waals surface area contributed by atoms with Crippen LogP contribution in [0.4, 0.5) is 11.5 Å². The lowest BCUT2D eigenvalue weighted by atomic mass is 10.1. The van der Waals surface area contributed by atoms with Crippen LogP contribution in [0.5, 0.6) is 0 Å². The average molecular weight is 230 g/mol. The molecule has 1 aromatic heterocycles. The summed E-state index contributed by atoms with van der Waals surface area (Å²) in [5, 5.41) is 4.42. The standard InChI is InChI=1S/C13H18N4/c1-8(2)9(3)17-13-11-5-4-10(14)6-12(11)15-7-16-13/h4-9H,14H2,1-3H3,(H,15,16,17). The molecular formula is C13H18N4. The number of rotatable bonds is 3. The third-order valence-electron chi connectivity index (χ3n) is 3.02. The highest BCUT2D eigenvalue weighted by molar-refractivity contribution is 5.90. The van der Waals surface area contributed by atoms with Gasteiger partial charge in [-0.1, -0.05) is 13.8 Å². The van der Waals surface area contributed by atoms with Crippen molar-refractivity contribution in [1.82, 2.24) is 9.97 Å². The lowest BCUT2D eigenvalue weighted by Gasteiger charge is -2.18. The van der Waals surface area contributed by atoms with Crippen molar-refractivity contribution >= 4 is 22.4 Å². The summed E-state index contributed by atoms with van der Waals surface area (Å²) in [5.74, 6) is 1.42. The fourth-order valence-corrected chi connectivity index (χ4v) is 1.57. The molecule has 0 bridgehead atoms. The van der Waals surface area contributed by atoms with Gasteiger partial charge in [-0.05, 0) is 31.0 Å². The van der Waals surface area contributed by atoms with Gasteiger partial charge in [0, 0.05) is 17.1 Å². The Morgan fingerprint density at radius 2 is 1.94 bits per heavy atom. The number of fused-ring (bicyclic) bond motifs is 1. The molecule has 0 spiro atoms. The van der Waals surface area contributed by atoms with Gasteiger partial charge in [0.05, 0.1) is 5.52 Å². The minimum atomic E-state index is 0.366. The fraction of sp³-hybridized carbons (Fsp3) is 0.385. The maximum absolute atomic E-state index is 5.74. The first-order chi connectivity index (χ1) is 8.08. The van der Waals surface area contributed by atoms with Crippen molar-refractivity contribution in [2.45, 2.75) is 26.8 Å². The Bertz CT molecular complexity index is 522. The maximum Gasteiger partial charge on any atom is 0.137 e. The molecule has 1 aromatic carbocycles. The first-order valence-electron chi connectivity index (χ1n) is 5.84. The van der Waals surface area contributed by atoms with Gasteiger partial charge in [0.15, 0.2) is 0 Å². The van der Waals surface area contributed by atoms with Gasteiger partial charge in [0.1, 0.15) is 12.1 Å². The Morgan fingerprint density at radius 1 is 1.18 bits per heavy atom. The molecule has 2 aromatic rings. The Balaban J connectivity index is 2.41. The second kappa shape index (κ2) is 4.57. The predicted molar refractivity (Wildman–Crippen MR) is 71.9 cm³/mol. The summed E-state index contributed by atoms with van der Waals surface area (Å²) in [6.45, 7) is 6.51. The molecule has 0 saturated heterocycles. The highest BCUT2D eigenvalue weighted by Gasteiger charge is 2.10. The van der Waals surface area contributed by atoms with Crippen LogP contribution >= 0.6 is 0 Å². The van der Waals surface area contributed by atoms with Crippen LogP contribution in [0.2, 0.25) is 0 Å². The van der Waals surface area contributed by atoms with Gasteiger partial charge in [0.2, 0.25) is 0 Å². The van der Waals surface area contributed by atoms with Crippen LogP contribution in [0.25, 0.3) is 10.9 Å². The summed E-state index contributed by atoms with van der Waals surface area (Å²) < 4.78 is 0. The number of nitrogen functional groups attached to an aromatic ring is 1. The Morgan fingerprint density at radius 3 is 2.65 bits per heavy atom. The molecule has 2 rings (SSSR count). The van der Waals surface area contributed by atoms with E-state index in [1.54, 1.807) is 6.33 Å². The molecule has 3 N–H and O–H groups in total. The molecule has 4 nitrogen and oxygen atoms in total. The minimum Gasteiger partial charge on any atom is -0.399 e. The zero-order valence-electron chi connectivity index (χ0n) is 10.4. The number of hydrogen-bond acceptors (Lipinski definition) is 4. The number of hydrogen-bond donors (Lipinski definition) is 2. The van der Waals surface area contributed by atoms with Crippen LogP contribution in [-0.2, 0) is 0 Å². The van der Waals surface area contributed by atoms with Crippen LogP contribution < -0.4 is 11.1 Å². The van der Waals surface area contributed by atoms with Crippen molar-refractivity contribution in [2.24, 2.45) is 5.92 Å². The van der Waals surface area contributed by atoms with Gasteiger partial charge in [-0.3, -0.25) is 0 Å². The van der Waals surface area contributed by atoms with Gasteiger partial charge in [-0.2, -0.15) is 0 Å². The highest BCUT2D eigenvalue weighted by Crippen LogP contribution is 2.22. The third-order valence-corrected chi connectivity index (χ3v) is 3.02. The lowest BCUT2D eigenvalue weighted by molar-refractivity contribution is 0.559. The summed E-state index contributed by atoms with van der Waals surface area (Å²) in [7, 11) is 0. The van der Waals surface area contributed by atoms with Crippen molar-refractivity contribution in [3.8, 4) is 0 Å². The summed E-state index contributed by atoms with van der Waals surface area (Å²) in [6.07, 6.45) is 1.57. The topological polar surface area (TPSA) is 63.8 Å². The van der Waals surface area contributed by atoms with E-state index in [1.807, 2.05) is 18.2 Å². The number of anilines is 2. The van der Waals surface area contributed by atoms with Crippen LogP contribution in [0.3, 0.4) is 0 Å². The van der Waals surface area contributed by atoms with Gasteiger partial charge in [0.25, 0.3) is 0 Å². The maximum atomic E-state index is 5.74. The molecule has 0 saturated carbocycles. The molecule has 1 unspecified atom stereocenters. The quantitative estimate of drug-likeness (QED) is 0.796. The van der Waals surface area contributed by atoms with Crippen LogP contribution in [0.15, 0.2) is 24.5 Å². The van der Waals surface area contributed by atoms with E-state index in [2.05, 4.69) is 36.1 Å². The molecule has 4 heteroatoms. The molecule has 1 heterocycles. The molecule has 1 atom stereocenters. The van der Waals surface area contributed by atoms with E-state index >= 15 is 0 Å². The second-order valence-corrected chi connectivity index (χ2v) is 4.68. The molecule has 17 heavy (non-hydrogen) atoms. The van der Waals surface area contributed by atoms with E-state index in [0.29, 0.717) is 12.0 Å². The van der Waals surface area contributed by atoms with Crippen molar-refractivity contribution in [3.05, 3.63) is 24.5 Å². The largest absolute Gasteiger partial charge is 0.399 e. The zero-order chi connectivity index (χ0) is 12.4. The average Bonchev–Trinajstić information content (AvgIpc) is 2.28. The number of benzene rings is 1. The van der Waals surface area contributed by atoms with Gasteiger partial charge in [-0.15, -0.1) is 0 Å². The molecule has 0 aliphatic rings. The van der Waals surface area contributed by atoms with E-state index in [-0.39, 0.29) is 0 Å². The molecule has 0 amide bonds. The van der Waals surface area contributed by atoms with Crippen molar-refractivity contribution in [3.63, 3.8) is 0 Å². The second-order valence-electron chi connectivity index (χ2n) is 4.68. The first kappa shape index (κ1) is 11.6. The summed E-state index contributed by atoms with van der Waals surface area (Å²) in [4.78, 5) is 8.52. The Labute approximate surface area is 101 Å². The molecule has 0 aliphatic heterocycles. The van der Waals surface area contributed by atoms with Gasteiger partial charge < -0.3 is 11.1 Å².